The Bertz CT molecular complexity index is 2560. The first-order valence-electron chi connectivity index (χ1n) is 20.8. The number of aromatic nitrogens is 1. The first kappa shape index (κ1) is 42.3. The van der Waals surface area contributed by atoms with Crippen LogP contribution in [0.4, 0.5) is 5.13 Å². The average Bonchev–Trinajstić information content (AvgIpc) is 3.99. The number of oxime groups is 1. The Balaban J connectivity index is 0.980. The third-order valence-corrected chi connectivity index (χ3v) is 13.6. The monoisotopic (exact) mass is 889 g/mol. The molecule has 0 saturated carbocycles. The van der Waals surface area contributed by atoms with Crippen molar-refractivity contribution in [3.8, 4) is 0 Å². The highest BCUT2D eigenvalue weighted by molar-refractivity contribution is 8.00. The minimum absolute atomic E-state index is 0.0961. The summed E-state index contributed by atoms with van der Waals surface area (Å²) in [5.74, 6) is -1.83. The van der Waals surface area contributed by atoms with Crippen molar-refractivity contribution < 1.29 is 33.5 Å². The Morgan fingerprint density at radius 3 is 1.89 bits per heavy atom. The van der Waals surface area contributed by atoms with Crippen molar-refractivity contribution in [1.82, 2.24) is 15.2 Å². The van der Waals surface area contributed by atoms with E-state index in [4.69, 9.17) is 19.3 Å². The molecule has 2 amide bonds. The summed E-state index contributed by atoms with van der Waals surface area (Å²) in [6.07, 6.45) is -0.149. The van der Waals surface area contributed by atoms with Gasteiger partial charge in [0.25, 0.3) is 11.8 Å². The normalized spacial score (nSPS) is 18.5. The lowest BCUT2D eigenvalue weighted by atomic mass is 9.77. The minimum atomic E-state index is -1.01. The lowest BCUT2D eigenvalue weighted by Gasteiger charge is -2.50. The Morgan fingerprint density at radius 1 is 0.828 bits per heavy atom. The van der Waals surface area contributed by atoms with E-state index in [0.29, 0.717) is 22.9 Å². The van der Waals surface area contributed by atoms with Crippen molar-refractivity contribution in [2.24, 2.45) is 5.16 Å². The van der Waals surface area contributed by atoms with Gasteiger partial charge in [-0.3, -0.25) is 19.3 Å². The maximum atomic E-state index is 14.5. The molecule has 0 aliphatic carbocycles. The molecule has 2 fully saturated rings. The number of amides is 2. The summed E-state index contributed by atoms with van der Waals surface area (Å²) in [5.41, 5.74) is 4.41. The molecular formula is C50H43N5O7S2. The highest BCUT2D eigenvalue weighted by Crippen LogP contribution is 2.44. The lowest BCUT2D eigenvalue weighted by Crippen LogP contribution is -2.71. The van der Waals surface area contributed by atoms with Gasteiger partial charge in [-0.1, -0.05) is 157 Å². The molecule has 3 aliphatic heterocycles. The van der Waals surface area contributed by atoms with E-state index < -0.39 is 46.9 Å². The van der Waals surface area contributed by atoms with Crippen LogP contribution in [-0.4, -0.2) is 69.7 Å². The summed E-state index contributed by atoms with van der Waals surface area (Å²) in [7, 11) is 1.33. The molecule has 0 bridgehead atoms. The molecule has 1 aromatic heterocycles. The second-order valence-electron chi connectivity index (χ2n) is 15.4. The molecule has 0 spiro atoms. The van der Waals surface area contributed by atoms with E-state index in [9.17, 15) is 19.2 Å². The highest BCUT2D eigenvalue weighted by Gasteiger charge is 2.55. The Hall–Kier alpha value is -7.03. The number of hydrogen-bond donors (Lipinski definition) is 2. The van der Waals surface area contributed by atoms with Gasteiger partial charge in [0.2, 0.25) is 0 Å². The van der Waals surface area contributed by atoms with Crippen LogP contribution in [0.2, 0.25) is 0 Å². The van der Waals surface area contributed by atoms with Crippen LogP contribution in [-0.2, 0) is 39.0 Å². The molecule has 9 rings (SSSR count). The van der Waals surface area contributed by atoms with Gasteiger partial charge in [0.05, 0.1) is 0 Å². The maximum Gasteiger partial charge on any atom is 0.356 e. The van der Waals surface area contributed by atoms with E-state index in [2.05, 4.69) is 52.2 Å². The van der Waals surface area contributed by atoms with Crippen molar-refractivity contribution in [2.45, 2.75) is 48.4 Å². The van der Waals surface area contributed by atoms with Crippen LogP contribution in [0, 0.1) is 0 Å². The molecule has 6 aromatic rings. The third-order valence-electron chi connectivity index (χ3n) is 11.5. The zero-order valence-corrected chi connectivity index (χ0v) is 36.3. The van der Waals surface area contributed by atoms with Gasteiger partial charge in [-0.15, -0.1) is 23.1 Å². The maximum absolute atomic E-state index is 14.5. The number of carbonyl (C=O) groups is 4. The van der Waals surface area contributed by atoms with Crippen molar-refractivity contribution >= 4 is 57.7 Å². The van der Waals surface area contributed by atoms with Crippen LogP contribution in [0.5, 0.6) is 0 Å². The number of rotatable bonds is 15. The second kappa shape index (κ2) is 18.8. The number of hydrogen-bond acceptors (Lipinski definition) is 12. The fourth-order valence-electron chi connectivity index (χ4n) is 8.46. The molecule has 0 radical (unpaired) electrons. The topological polar surface area (TPSA) is 149 Å². The number of benzene rings is 5. The Labute approximate surface area is 378 Å². The molecule has 14 heteroatoms. The van der Waals surface area contributed by atoms with Gasteiger partial charge in [-0.25, -0.2) is 9.78 Å². The van der Waals surface area contributed by atoms with Crippen LogP contribution in [0.15, 0.2) is 173 Å². The van der Waals surface area contributed by atoms with E-state index >= 15 is 0 Å². The first-order chi connectivity index (χ1) is 31.3. The number of fused-ring (bicyclic) bond motifs is 1. The zero-order chi connectivity index (χ0) is 44.0. The number of thiazole rings is 1. The van der Waals surface area contributed by atoms with E-state index in [1.54, 1.807) is 5.38 Å². The van der Waals surface area contributed by atoms with Crippen LogP contribution >= 0.6 is 23.1 Å². The molecule has 12 nitrogen and oxygen atoms in total. The van der Waals surface area contributed by atoms with Gasteiger partial charge in [0.15, 0.2) is 16.9 Å². The van der Waals surface area contributed by atoms with Crippen LogP contribution < -0.4 is 10.6 Å². The van der Waals surface area contributed by atoms with Gasteiger partial charge in [-0.05, 0) is 39.8 Å². The predicted molar refractivity (Wildman–Crippen MR) is 245 cm³/mol. The van der Waals surface area contributed by atoms with E-state index in [1.807, 2.05) is 115 Å². The second-order valence-corrected chi connectivity index (χ2v) is 17.4. The summed E-state index contributed by atoms with van der Waals surface area (Å²) < 4.78 is 11.9. The molecule has 3 atom stereocenters. The number of cyclic esters (lactones) is 1. The standard InChI is InChI=1S/C50H43N5O7S2/c1-60-54-41(39-31-64-49(51-39)53-50(35-21-11-4-12-22-35,36-23-13-5-14-24-36)37-25-15-6-16-26-37)45(57)52-42-46(58)55-43(34(30-63-47(42)55)29-38-27-28-40(56)61-38)48(59)62-44(32-17-7-2-8-18-32)33-19-9-3-10-20-33/h2-26,31,38,42,44,47H,27-30H2,1H3,(H,51,53)(H,52,57)/t38?,42-,47+/m1/s1. The fraction of sp³-hybridized carbons (Fsp3) is 0.200. The molecule has 5 aromatic carbocycles. The van der Waals surface area contributed by atoms with Crippen molar-refractivity contribution in [3.05, 3.63) is 202 Å². The molecule has 4 heterocycles. The number of esters is 2. The van der Waals surface area contributed by atoms with Crippen LogP contribution in [0.25, 0.3) is 0 Å². The molecule has 3 aliphatic rings. The number of thioether (sulfide) groups is 1. The number of anilines is 1. The first-order valence-corrected chi connectivity index (χ1v) is 22.8. The molecule has 2 saturated heterocycles. The molecule has 1 unspecified atom stereocenters. The Morgan fingerprint density at radius 2 is 1.38 bits per heavy atom. The van der Waals surface area contributed by atoms with Gasteiger partial charge in [0.1, 0.15) is 41.6 Å². The van der Waals surface area contributed by atoms with E-state index in [-0.39, 0.29) is 35.9 Å². The predicted octanol–water partition coefficient (Wildman–Crippen LogP) is 7.98. The fourth-order valence-corrected chi connectivity index (χ4v) is 10.6. The minimum Gasteiger partial charge on any atom is -0.462 e. The smallest absolute Gasteiger partial charge is 0.356 e. The third kappa shape index (κ3) is 8.41. The van der Waals surface area contributed by atoms with Crippen molar-refractivity contribution in [1.29, 1.82) is 0 Å². The van der Waals surface area contributed by atoms with Crippen LogP contribution in [0.3, 0.4) is 0 Å². The van der Waals surface area contributed by atoms with Crippen molar-refractivity contribution in [3.63, 3.8) is 0 Å². The zero-order valence-electron chi connectivity index (χ0n) is 34.7. The van der Waals surface area contributed by atoms with Gasteiger partial charge in [-0.2, -0.15) is 0 Å². The number of nitrogens with zero attached hydrogens (tertiary/aromatic N) is 3. The lowest BCUT2D eigenvalue weighted by molar-refractivity contribution is -0.154. The van der Waals surface area contributed by atoms with Crippen LogP contribution in [0.1, 0.15) is 58.9 Å². The highest BCUT2D eigenvalue weighted by atomic mass is 32.2. The summed E-state index contributed by atoms with van der Waals surface area (Å²) in [6, 6.07) is 48.0. The molecule has 2 N–H and O–H groups in total. The summed E-state index contributed by atoms with van der Waals surface area (Å²) in [4.78, 5) is 66.5. The van der Waals surface area contributed by atoms with Crippen molar-refractivity contribution in [2.75, 3.05) is 18.2 Å². The summed E-state index contributed by atoms with van der Waals surface area (Å²) in [5, 5.41) is 12.3. The van der Waals surface area contributed by atoms with Gasteiger partial charge in [0, 0.05) is 24.0 Å². The number of β-lactam (4-membered cyclic amide) rings is 1. The Kier molecular flexibility index (Phi) is 12.4. The largest absolute Gasteiger partial charge is 0.462 e. The molecule has 322 valence electrons. The molecular weight excluding hydrogens is 847 g/mol. The summed E-state index contributed by atoms with van der Waals surface area (Å²) in [6.45, 7) is 0. The number of nitrogens with one attached hydrogen (secondary N) is 2. The van der Waals surface area contributed by atoms with E-state index in [1.165, 1.54) is 35.1 Å². The SMILES string of the molecule is CON=C(C(=O)N[C@@H]1C(=O)N2C(C(=O)OC(c3ccccc3)c3ccccc3)=C(CC3CCC(=O)O3)CS[C@@H]12)c1csc(NC(c2ccccc2)(c2ccccc2)c2ccccc2)n1. The summed E-state index contributed by atoms with van der Waals surface area (Å²) >= 11 is 2.71. The number of ether oxygens (including phenoxy) is 2. The van der Waals surface area contributed by atoms with Gasteiger partial charge < -0.3 is 24.9 Å². The average molecular weight is 890 g/mol. The number of carbonyl (C=O) groups excluding carboxylic acids is 4. The van der Waals surface area contributed by atoms with E-state index in [0.717, 1.165) is 27.8 Å². The quantitative estimate of drug-likeness (QED) is 0.0342. The molecule has 64 heavy (non-hydrogen) atoms. The van der Waals surface area contributed by atoms with Gasteiger partial charge >= 0.3 is 11.9 Å².